The maximum Gasteiger partial charge on any atom is 0.387 e. The predicted molar refractivity (Wildman–Crippen MR) is 73.5 cm³/mol. The molecule has 0 bridgehead atoms. The number of hydrogen-bond donors (Lipinski definition) is 1. The number of halogens is 2. The minimum atomic E-state index is -2.88. The number of rotatable bonds is 5. The van der Waals surface area contributed by atoms with Gasteiger partial charge in [-0.2, -0.15) is 8.78 Å². The van der Waals surface area contributed by atoms with E-state index in [1.165, 1.54) is 12.1 Å². The minimum Gasteiger partial charge on any atom is -0.480 e. The summed E-state index contributed by atoms with van der Waals surface area (Å²) in [6.45, 7) is -1.39. The van der Waals surface area contributed by atoms with Gasteiger partial charge in [0.2, 0.25) is 0 Å². The second-order valence-electron chi connectivity index (χ2n) is 5.14. The third-order valence-corrected chi connectivity index (χ3v) is 3.66. The van der Waals surface area contributed by atoms with Gasteiger partial charge in [-0.05, 0) is 43.6 Å². The number of ether oxygens (including phenoxy) is 1. The molecular weight excluding hydrogens is 280 g/mol. The van der Waals surface area contributed by atoms with E-state index in [4.69, 9.17) is 0 Å². The molecule has 1 unspecified atom stereocenters. The number of nitrogens with zero attached hydrogens (tertiary/aromatic N) is 1. The van der Waals surface area contributed by atoms with Crippen molar-refractivity contribution >= 4 is 5.97 Å². The van der Waals surface area contributed by atoms with Crippen LogP contribution in [-0.2, 0) is 4.79 Å². The topological polar surface area (TPSA) is 49.8 Å². The molecule has 0 aliphatic carbocycles. The van der Waals surface area contributed by atoms with Gasteiger partial charge in [0.25, 0.3) is 0 Å². The van der Waals surface area contributed by atoms with Crippen molar-refractivity contribution in [3.63, 3.8) is 0 Å². The summed E-state index contributed by atoms with van der Waals surface area (Å²) < 4.78 is 28.5. The van der Waals surface area contributed by atoms with Crippen LogP contribution in [0.4, 0.5) is 8.78 Å². The zero-order valence-corrected chi connectivity index (χ0v) is 11.7. The highest BCUT2D eigenvalue weighted by Gasteiger charge is 2.27. The molecule has 2 rings (SSSR count). The zero-order valence-electron chi connectivity index (χ0n) is 11.7. The fourth-order valence-electron chi connectivity index (χ4n) is 2.69. The first-order valence-corrected chi connectivity index (χ1v) is 7.09. The summed E-state index contributed by atoms with van der Waals surface area (Å²) >= 11 is 0. The van der Waals surface area contributed by atoms with Crippen LogP contribution in [0.1, 0.15) is 37.3 Å². The van der Waals surface area contributed by atoms with Gasteiger partial charge in [0, 0.05) is 0 Å². The van der Waals surface area contributed by atoms with E-state index in [0.29, 0.717) is 5.56 Å². The molecule has 1 N–H and O–H groups in total. The van der Waals surface area contributed by atoms with Crippen molar-refractivity contribution in [2.75, 3.05) is 13.1 Å². The summed E-state index contributed by atoms with van der Waals surface area (Å²) in [6.07, 6.45) is 4.20. The van der Waals surface area contributed by atoms with Crippen LogP contribution in [-0.4, -0.2) is 35.7 Å². The van der Waals surface area contributed by atoms with E-state index in [-0.39, 0.29) is 5.75 Å². The molecule has 1 heterocycles. The zero-order chi connectivity index (χ0) is 15.2. The first kappa shape index (κ1) is 15.7. The SMILES string of the molecule is O=C(O)C(c1ccc(OC(F)F)cc1)N1CCCCCC1. The van der Waals surface area contributed by atoms with Crippen LogP contribution in [0.15, 0.2) is 24.3 Å². The number of hydrogen-bond acceptors (Lipinski definition) is 3. The molecule has 0 amide bonds. The van der Waals surface area contributed by atoms with Crippen molar-refractivity contribution in [2.24, 2.45) is 0 Å². The van der Waals surface area contributed by atoms with Gasteiger partial charge in [-0.25, -0.2) is 0 Å². The van der Waals surface area contributed by atoms with Crippen LogP contribution >= 0.6 is 0 Å². The number of benzene rings is 1. The Bertz CT molecular complexity index is 456. The summed E-state index contributed by atoms with van der Waals surface area (Å²) in [5.74, 6) is -0.881. The van der Waals surface area contributed by atoms with Crippen molar-refractivity contribution in [1.82, 2.24) is 4.90 Å². The Balaban J connectivity index is 2.15. The number of alkyl halides is 2. The maximum absolute atomic E-state index is 12.1. The van der Waals surface area contributed by atoms with Crippen LogP contribution in [0.2, 0.25) is 0 Å². The first-order chi connectivity index (χ1) is 10.1. The monoisotopic (exact) mass is 299 g/mol. The molecular formula is C15H19F2NO3. The smallest absolute Gasteiger partial charge is 0.387 e. The largest absolute Gasteiger partial charge is 0.480 e. The molecule has 1 fully saturated rings. The van der Waals surface area contributed by atoms with E-state index in [1.54, 1.807) is 12.1 Å². The summed E-state index contributed by atoms with van der Waals surface area (Å²) in [5.41, 5.74) is 0.589. The standard InChI is InChI=1S/C15H19F2NO3/c16-15(17)21-12-7-5-11(6-8-12)13(14(19)20)18-9-3-1-2-4-10-18/h5-8,13,15H,1-4,9-10H2,(H,19,20). The molecule has 21 heavy (non-hydrogen) atoms. The van der Waals surface area contributed by atoms with Crippen molar-refractivity contribution in [2.45, 2.75) is 38.3 Å². The second-order valence-corrected chi connectivity index (χ2v) is 5.14. The quantitative estimate of drug-likeness (QED) is 0.906. The highest BCUT2D eigenvalue weighted by Crippen LogP contribution is 2.26. The van der Waals surface area contributed by atoms with Crippen LogP contribution in [0.5, 0.6) is 5.75 Å². The van der Waals surface area contributed by atoms with E-state index < -0.39 is 18.6 Å². The Morgan fingerprint density at radius 2 is 1.67 bits per heavy atom. The number of carbonyl (C=O) groups is 1. The van der Waals surface area contributed by atoms with Gasteiger partial charge < -0.3 is 9.84 Å². The number of carboxylic acid groups (broad SMARTS) is 1. The van der Waals surface area contributed by atoms with Gasteiger partial charge in [0.15, 0.2) is 0 Å². The number of likely N-dealkylation sites (tertiary alicyclic amines) is 1. The maximum atomic E-state index is 12.1. The third-order valence-electron chi connectivity index (χ3n) is 3.66. The molecule has 1 aromatic rings. The van der Waals surface area contributed by atoms with Crippen LogP contribution in [0.25, 0.3) is 0 Å². The molecule has 1 aliphatic rings. The van der Waals surface area contributed by atoms with Gasteiger partial charge in [-0.3, -0.25) is 9.69 Å². The summed E-state index contributed by atoms with van der Waals surface area (Å²) in [7, 11) is 0. The Morgan fingerprint density at radius 1 is 1.10 bits per heavy atom. The molecule has 116 valence electrons. The lowest BCUT2D eigenvalue weighted by Crippen LogP contribution is -2.34. The molecule has 0 radical (unpaired) electrons. The Kier molecular flexibility index (Phi) is 5.50. The highest BCUT2D eigenvalue weighted by molar-refractivity contribution is 5.75. The number of aliphatic carboxylic acids is 1. The Morgan fingerprint density at radius 3 is 2.14 bits per heavy atom. The lowest BCUT2D eigenvalue weighted by Gasteiger charge is -2.27. The predicted octanol–water partition coefficient (Wildman–Crippen LogP) is 3.29. The van der Waals surface area contributed by atoms with Crippen molar-refractivity contribution in [3.8, 4) is 5.75 Å². The number of carboxylic acids is 1. The van der Waals surface area contributed by atoms with Crippen molar-refractivity contribution in [1.29, 1.82) is 0 Å². The third kappa shape index (κ3) is 4.39. The summed E-state index contributed by atoms with van der Waals surface area (Å²) in [5, 5.41) is 9.49. The van der Waals surface area contributed by atoms with Crippen LogP contribution in [0.3, 0.4) is 0 Å². The molecule has 1 aromatic carbocycles. The normalized spacial score (nSPS) is 18.2. The molecule has 0 spiro atoms. The average molecular weight is 299 g/mol. The summed E-state index contributed by atoms with van der Waals surface area (Å²) in [6, 6.07) is 5.12. The van der Waals surface area contributed by atoms with E-state index in [1.807, 2.05) is 4.90 Å². The van der Waals surface area contributed by atoms with Crippen molar-refractivity contribution < 1.29 is 23.4 Å². The summed E-state index contributed by atoms with van der Waals surface area (Å²) in [4.78, 5) is 13.5. The van der Waals surface area contributed by atoms with Gasteiger partial charge in [0.05, 0.1) is 0 Å². The lowest BCUT2D eigenvalue weighted by atomic mass is 10.0. The molecule has 1 atom stereocenters. The van der Waals surface area contributed by atoms with E-state index in [0.717, 1.165) is 38.8 Å². The van der Waals surface area contributed by atoms with E-state index in [9.17, 15) is 18.7 Å². The van der Waals surface area contributed by atoms with Crippen LogP contribution < -0.4 is 4.74 Å². The molecule has 0 aromatic heterocycles. The fourth-order valence-corrected chi connectivity index (χ4v) is 2.69. The average Bonchev–Trinajstić information content (AvgIpc) is 2.69. The highest BCUT2D eigenvalue weighted by atomic mass is 19.3. The van der Waals surface area contributed by atoms with E-state index >= 15 is 0 Å². The van der Waals surface area contributed by atoms with Crippen molar-refractivity contribution in [3.05, 3.63) is 29.8 Å². The van der Waals surface area contributed by atoms with Gasteiger partial charge in [-0.15, -0.1) is 0 Å². The van der Waals surface area contributed by atoms with Gasteiger partial charge in [0.1, 0.15) is 11.8 Å². The fraction of sp³-hybridized carbons (Fsp3) is 0.533. The Hall–Kier alpha value is -1.69. The van der Waals surface area contributed by atoms with Gasteiger partial charge >= 0.3 is 12.6 Å². The first-order valence-electron chi connectivity index (χ1n) is 7.09. The van der Waals surface area contributed by atoms with E-state index in [2.05, 4.69) is 4.74 Å². The molecule has 4 nitrogen and oxygen atoms in total. The molecule has 1 saturated heterocycles. The molecule has 0 saturated carbocycles. The van der Waals surface area contributed by atoms with Crippen LogP contribution in [0, 0.1) is 0 Å². The second kappa shape index (κ2) is 7.36. The molecule has 6 heteroatoms. The lowest BCUT2D eigenvalue weighted by molar-refractivity contribution is -0.143. The molecule has 1 aliphatic heterocycles. The Labute approximate surface area is 122 Å². The van der Waals surface area contributed by atoms with Gasteiger partial charge in [-0.1, -0.05) is 25.0 Å². The minimum absolute atomic E-state index is 0.0359.